The average Bonchev–Trinajstić information content (AvgIpc) is 3.24. The molecular formula is C51H84NO7P. The maximum atomic E-state index is 12.6. The maximum absolute atomic E-state index is 12.6. The van der Waals surface area contributed by atoms with Gasteiger partial charge in [0.25, 0.3) is 0 Å². The molecule has 0 aliphatic rings. The SMILES string of the molecule is CC/C=C\C/C=C\C/C=C\C/C=C\C/C=C\CCCCCCCCCC(=O)OC(COCCCC/C=C\C/C=C\C/C=C\C/C=C\C/C=C\CC)COP(=O)(O)OCCN. The lowest BCUT2D eigenvalue weighted by atomic mass is 10.1. The smallest absolute Gasteiger partial charge is 0.457 e. The second-order valence-corrected chi connectivity index (χ2v) is 16.0. The van der Waals surface area contributed by atoms with Crippen LogP contribution >= 0.6 is 7.82 Å². The minimum Gasteiger partial charge on any atom is -0.457 e. The molecule has 340 valence electrons. The maximum Gasteiger partial charge on any atom is 0.472 e. The number of allylic oxidation sites excluding steroid dienone is 20. The lowest BCUT2D eigenvalue weighted by Crippen LogP contribution is -2.28. The standard InChI is InChI=1S/C51H84NO7P/c1-3-5-7-9-11-13-15-17-19-21-23-24-25-26-27-28-30-32-34-36-38-40-42-44-51(53)59-50(49-58-60(54,55)57-47-45-52)48-56-46-43-41-39-37-35-33-31-29-22-20-18-16-14-12-10-8-6-4-2/h5-8,11-14,17-20,23-24,26-27,29,31,35,37,50H,3-4,9-10,15-16,21-22,25,28,30,32-34,36,38-49,52H2,1-2H3,(H,54,55)/b7-5-,8-6-,13-11-,14-12-,19-17-,20-18-,24-23-,27-26-,31-29-,37-35-. The number of unbranched alkanes of at least 4 members (excludes halogenated alkanes) is 9. The van der Waals surface area contributed by atoms with E-state index in [1.54, 1.807) is 0 Å². The largest absolute Gasteiger partial charge is 0.472 e. The summed E-state index contributed by atoms with van der Waals surface area (Å²) in [6.07, 6.45) is 65.1. The molecule has 0 aliphatic heterocycles. The van der Waals surface area contributed by atoms with Crippen LogP contribution in [-0.2, 0) is 27.9 Å². The molecule has 2 atom stereocenters. The number of esters is 1. The summed E-state index contributed by atoms with van der Waals surface area (Å²) in [7, 11) is -4.31. The molecule has 0 aromatic rings. The van der Waals surface area contributed by atoms with Crippen LogP contribution in [0, 0.1) is 0 Å². The first kappa shape index (κ1) is 56.9. The van der Waals surface area contributed by atoms with Crippen molar-refractivity contribution in [3.63, 3.8) is 0 Å². The molecule has 0 bridgehead atoms. The minimum absolute atomic E-state index is 0.0733. The highest BCUT2D eigenvalue weighted by atomic mass is 31.2. The van der Waals surface area contributed by atoms with Crippen molar-refractivity contribution in [2.24, 2.45) is 5.73 Å². The minimum atomic E-state index is -4.31. The normalized spacial score (nSPS) is 14.5. The fourth-order valence-electron chi connectivity index (χ4n) is 5.58. The Morgan fingerprint density at radius 2 is 0.883 bits per heavy atom. The number of phosphoric acid groups is 1. The summed E-state index contributed by atoms with van der Waals surface area (Å²) < 4.78 is 33.4. The van der Waals surface area contributed by atoms with Gasteiger partial charge in [-0.1, -0.05) is 167 Å². The number of carbonyl (C=O) groups excluding carboxylic acids is 1. The topological polar surface area (TPSA) is 117 Å². The van der Waals surface area contributed by atoms with Gasteiger partial charge < -0.3 is 20.1 Å². The van der Waals surface area contributed by atoms with Crippen molar-refractivity contribution in [3.8, 4) is 0 Å². The van der Waals surface area contributed by atoms with Gasteiger partial charge in [0, 0.05) is 19.6 Å². The molecule has 8 nitrogen and oxygen atoms in total. The first-order chi connectivity index (χ1) is 29.4. The van der Waals surface area contributed by atoms with Crippen LogP contribution in [-0.4, -0.2) is 49.9 Å². The van der Waals surface area contributed by atoms with E-state index in [0.29, 0.717) is 6.61 Å². The molecule has 0 fully saturated rings. The van der Waals surface area contributed by atoms with Gasteiger partial charge in [-0.05, 0) is 103 Å². The van der Waals surface area contributed by atoms with Crippen LogP contribution in [0.5, 0.6) is 0 Å². The molecule has 3 N–H and O–H groups in total. The Bertz CT molecular complexity index is 1320. The van der Waals surface area contributed by atoms with E-state index in [1.807, 2.05) is 0 Å². The lowest BCUT2D eigenvalue weighted by molar-refractivity contribution is -0.154. The van der Waals surface area contributed by atoms with E-state index in [2.05, 4.69) is 135 Å². The lowest BCUT2D eigenvalue weighted by Gasteiger charge is -2.20. The van der Waals surface area contributed by atoms with Gasteiger partial charge in [-0.3, -0.25) is 13.8 Å². The van der Waals surface area contributed by atoms with E-state index in [-0.39, 0.29) is 38.8 Å². The highest BCUT2D eigenvalue weighted by Gasteiger charge is 2.25. The van der Waals surface area contributed by atoms with Gasteiger partial charge in [-0.15, -0.1) is 0 Å². The molecule has 0 saturated heterocycles. The van der Waals surface area contributed by atoms with Crippen LogP contribution in [0.25, 0.3) is 0 Å². The fourth-order valence-corrected chi connectivity index (χ4v) is 6.34. The van der Waals surface area contributed by atoms with Crippen LogP contribution in [0.15, 0.2) is 122 Å². The summed E-state index contributed by atoms with van der Waals surface area (Å²) in [5.74, 6) is -0.363. The Kier molecular flexibility index (Phi) is 44.5. The quantitative estimate of drug-likeness (QED) is 0.0270. The molecule has 0 aliphatic carbocycles. The molecule has 0 rings (SSSR count). The van der Waals surface area contributed by atoms with E-state index >= 15 is 0 Å². The molecule has 9 heteroatoms. The molecule has 0 amide bonds. The number of phosphoric ester groups is 1. The average molecular weight is 854 g/mol. The highest BCUT2D eigenvalue weighted by Crippen LogP contribution is 2.43. The molecule has 0 aromatic carbocycles. The highest BCUT2D eigenvalue weighted by molar-refractivity contribution is 7.47. The number of carbonyl (C=O) groups is 1. The number of rotatable bonds is 42. The summed E-state index contributed by atoms with van der Waals surface area (Å²) in [5.41, 5.74) is 5.37. The predicted octanol–water partition coefficient (Wildman–Crippen LogP) is 14.2. The molecule has 0 radical (unpaired) electrons. The first-order valence-electron chi connectivity index (χ1n) is 23.0. The summed E-state index contributed by atoms with van der Waals surface area (Å²) in [6, 6.07) is 0. The van der Waals surface area contributed by atoms with Crippen LogP contribution in [0.4, 0.5) is 0 Å². The summed E-state index contributed by atoms with van der Waals surface area (Å²) in [5, 5.41) is 0. The molecular weight excluding hydrogens is 770 g/mol. The van der Waals surface area contributed by atoms with Crippen LogP contribution in [0.1, 0.15) is 155 Å². The second-order valence-electron chi connectivity index (χ2n) is 14.5. The predicted molar refractivity (Wildman–Crippen MR) is 256 cm³/mol. The first-order valence-corrected chi connectivity index (χ1v) is 24.5. The van der Waals surface area contributed by atoms with Crippen LogP contribution < -0.4 is 5.73 Å². The van der Waals surface area contributed by atoms with Crippen molar-refractivity contribution in [1.29, 1.82) is 0 Å². The van der Waals surface area contributed by atoms with E-state index in [1.165, 1.54) is 19.3 Å². The zero-order valence-corrected chi connectivity index (χ0v) is 38.5. The van der Waals surface area contributed by atoms with E-state index in [4.69, 9.17) is 24.3 Å². The molecule has 0 aromatic heterocycles. The number of nitrogens with two attached hydrogens (primary N) is 1. The van der Waals surface area contributed by atoms with Crippen molar-refractivity contribution in [2.45, 2.75) is 161 Å². The van der Waals surface area contributed by atoms with Gasteiger partial charge in [0.05, 0.1) is 19.8 Å². The number of hydrogen-bond donors (Lipinski definition) is 2. The number of ether oxygens (including phenoxy) is 2. The van der Waals surface area contributed by atoms with Gasteiger partial charge in [0.15, 0.2) is 0 Å². The zero-order chi connectivity index (χ0) is 43.7. The Morgan fingerprint density at radius 1 is 0.500 bits per heavy atom. The molecule has 60 heavy (non-hydrogen) atoms. The summed E-state index contributed by atoms with van der Waals surface area (Å²) >= 11 is 0. The van der Waals surface area contributed by atoms with Crippen LogP contribution in [0.3, 0.4) is 0 Å². The van der Waals surface area contributed by atoms with Crippen molar-refractivity contribution in [1.82, 2.24) is 0 Å². The molecule has 0 heterocycles. The van der Waals surface area contributed by atoms with E-state index < -0.39 is 13.9 Å². The third kappa shape index (κ3) is 46.0. The Balaban J connectivity index is 4.14. The number of hydrogen-bond acceptors (Lipinski definition) is 7. The van der Waals surface area contributed by atoms with Gasteiger partial charge in [0.2, 0.25) is 0 Å². The zero-order valence-electron chi connectivity index (χ0n) is 37.6. The van der Waals surface area contributed by atoms with Gasteiger partial charge in [-0.2, -0.15) is 0 Å². The molecule has 0 spiro atoms. The second kappa shape index (κ2) is 47.0. The van der Waals surface area contributed by atoms with E-state index in [0.717, 1.165) is 116 Å². The Morgan fingerprint density at radius 3 is 1.32 bits per heavy atom. The third-order valence-electron chi connectivity index (χ3n) is 8.87. The van der Waals surface area contributed by atoms with E-state index in [9.17, 15) is 14.3 Å². The Labute approximate surface area is 366 Å². The Hall–Kier alpha value is -3.10. The molecule has 0 saturated carbocycles. The fraction of sp³-hybridized carbons (Fsp3) is 0.588. The van der Waals surface area contributed by atoms with Gasteiger partial charge in [-0.25, -0.2) is 4.57 Å². The van der Waals surface area contributed by atoms with Gasteiger partial charge >= 0.3 is 13.8 Å². The summed E-state index contributed by atoms with van der Waals surface area (Å²) in [6.45, 7) is 4.53. The van der Waals surface area contributed by atoms with Crippen molar-refractivity contribution >= 4 is 13.8 Å². The van der Waals surface area contributed by atoms with Crippen molar-refractivity contribution in [2.75, 3.05) is 33.0 Å². The van der Waals surface area contributed by atoms with Crippen molar-refractivity contribution in [3.05, 3.63) is 122 Å². The van der Waals surface area contributed by atoms with Gasteiger partial charge in [0.1, 0.15) is 6.10 Å². The van der Waals surface area contributed by atoms with Crippen LogP contribution in [0.2, 0.25) is 0 Å². The molecule has 2 unspecified atom stereocenters. The van der Waals surface area contributed by atoms with Crippen molar-refractivity contribution < 1.29 is 32.8 Å². The monoisotopic (exact) mass is 854 g/mol. The third-order valence-corrected chi connectivity index (χ3v) is 9.86. The summed E-state index contributed by atoms with van der Waals surface area (Å²) in [4.78, 5) is 22.5.